The van der Waals surface area contributed by atoms with Crippen molar-refractivity contribution in [1.29, 1.82) is 0 Å². The van der Waals surface area contributed by atoms with Crippen LogP contribution in [0.5, 0.6) is 11.5 Å². The molecule has 3 unspecified atom stereocenters. The van der Waals surface area contributed by atoms with Gasteiger partial charge < -0.3 is 28.8 Å². The topological polar surface area (TPSA) is 107 Å². The van der Waals surface area contributed by atoms with Crippen LogP contribution in [0.4, 0.5) is 0 Å². The first-order valence-electron chi connectivity index (χ1n) is 11.8. The van der Waals surface area contributed by atoms with E-state index in [2.05, 4.69) is 61.7 Å². The molecule has 0 aromatic carbocycles. The lowest BCUT2D eigenvalue weighted by atomic mass is 9.90. The van der Waals surface area contributed by atoms with Crippen molar-refractivity contribution in [2.75, 3.05) is 26.9 Å². The fourth-order valence-corrected chi connectivity index (χ4v) is 4.65. The molecule has 8 nitrogen and oxygen atoms in total. The van der Waals surface area contributed by atoms with E-state index >= 15 is 0 Å². The SMILES string of the molecule is CCCCOc1c(Br)cnc(C(OC(C)=O)C(CCO[Si](C)(C)C(C)(C)C)C(O)CO)c1OC. The van der Waals surface area contributed by atoms with Crippen LogP contribution in [-0.2, 0) is 14.0 Å². The molecule has 0 aliphatic carbocycles. The molecule has 0 fully saturated rings. The Bertz CT molecular complexity index is 785. The van der Waals surface area contributed by atoms with E-state index in [4.69, 9.17) is 18.6 Å². The van der Waals surface area contributed by atoms with E-state index in [0.29, 0.717) is 41.3 Å². The van der Waals surface area contributed by atoms with Crippen molar-refractivity contribution in [3.8, 4) is 11.5 Å². The van der Waals surface area contributed by atoms with E-state index in [-0.39, 0.29) is 5.04 Å². The first kappa shape index (κ1) is 30.8. The highest BCUT2D eigenvalue weighted by Gasteiger charge is 2.39. The summed E-state index contributed by atoms with van der Waals surface area (Å²) in [4.78, 5) is 16.5. The van der Waals surface area contributed by atoms with Gasteiger partial charge in [-0.3, -0.25) is 9.78 Å². The van der Waals surface area contributed by atoms with E-state index in [1.54, 1.807) is 6.20 Å². The number of nitrogens with zero attached hydrogens (tertiary/aromatic N) is 1. The Kier molecular flexibility index (Phi) is 12.5. The van der Waals surface area contributed by atoms with Gasteiger partial charge in [-0.1, -0.05) is 34.1 Å². The van der Waals surface area contributed by atoms with Crippen LogP contribution < -0.4 is 9.47 Å². The summed E-state index contributed by atoms with van der Waals surface area (Å²) in [5.41, 5.74) is 0.317. The van der Waals surface area contributed by atoms with Crippen LogP contribution >= 0.6 is 15.9 Å². The quantitative estimate of drug-likeness (QED) is 0.184. The largest absolute Gasteiger partial charge is 0.491 e. The van der Waals surface area contributed by atoms with E-state index < -0.39 is 39.0 Å². The molecule has 3 atom stereocenters. The molecule has 1 rings (SSSR count). The van der Waals surface area contributed by atoms with Crippen molar-refractivity contribution in [1.82, 2.24) is 4.98 Å². The Morgan fingerprint density at radius 2 is 1.88 bits per heavy atom. The van der Waals surface area contributed by atoms with Crippen molar-refractivity contribution in [2.24, 2.45) is 5.92 Å². The molecule has 0 saturated carbocycles. The number of hydrogen-bond acceptors (Lipinski definition) is 8. The average Bonchev–Trinajstić information content (AvgIpc) is 2.75. The number of esters is 1. The standard InChI is InChI=1S/C24H42BrNO7Si/c1-9-10-12-31-22-18(25)14-26-20(23(22)30-6)21(33-16(2)28)17(19(29)15-27)11-13-32-34(7,8)24(3,4)5/h14,17,19,21,27,29H,9-13,15H2,1-8H3. The number of hydrogen-bond donors (Lipinski definition) is 2. The maximum Gasteiger partial charge on any atom is 0.303 e. The van der Waals surface area contributed by atoms with E-state index in [1.165, 1.54) is 14.0 Å². The van der Waals surface area contributed by atoms with Crippen LogP contribution in [0.15, 0.2) is 10.7 Å². The summed E-state index contributed by atoms with van der Waals surface area (Å²) < 4.78 is 24.1. The molecule has 1 aromatic rings. The third-order valence-corrected chi connectivity index (χ3v) is 11.4. The Morgan fingerprint density at radius 3 is 2.38 bits per heavy atom. The van der Waals surface area contributed by atoms with Crippen molar-refractivity contribution < 1.29 is 33.6 Å². The predicted molar refractivity (Wildman–Crippen MR) is 138 cm³/mol. The summed E-state index contributed by atoms with van der Waals surface area (Å²) in [6, 6.07) is 0. The van der Waals surface area contributed by atoms with Gasteiger partial charge in [-0.2, -0.15) is 0 Å². The lowest BCUT2D eigenvalue weighted by Gasteiger charge is -2.37. The van der Waals surface area contributed by atoms with E-state index in [9.17, 15) is 15.0 Å². The fraction of sp³-hybridized carbons (Fsp3) is 0.750. The molecule has 0 amide bonds. The number of aromatic nitrogens is 1. The van der Waals surface area contributed by atoms with Gasteiger partial charge in [0.15, 0.2) is 25.9 Å². The zero-order valence-corrected chi connectivity index (χ0v) is 24.4. The number of methoxy groups -OCH3 is 1. The summed E-state index contributed by atoms with van der Waals surface area (Å²) in [5.74, 6) is -0.444. The smallest absolute Gasteiger partial charge is 0.303 e. The number of halogens is 1. The summed E-state index contributed by atoms with van der Waals surface area (Å²) in [6.07, 6.45) is 1.60. The van der Waals surface area contributed by atoms with E-state index in [0.717, 1.165) is 12.8 Å². The second kappa shape index (κ2) is 13.8. The van der Waals surface area contributed by atoms with Gasteiger partial charge in [-0.25, -0.2) is 0 Å². The van der Waals surface area contributed by atoms with Gasteiger partial charge in [-0.05, 0) is 46.9 Å². The van der Waals surface area contributed by atoms with Crippen LogP contribution in [0, 0.1) is 5.92 Å². The maximum absolute atomic E-state index is 12.1. The molecule has 0 aliphatic heterocycles. The minimum atomic E-state index is -2.03. The number of aliphatic hydroxyl groups excluding tert-OH is 2. The Balaban J connectivity index is 3.39. The number of carbonyl (C=O) groups excluding carboxylic acids is 1. The zero-order valence-electron chi connectivity index (χ0n) is 21.8. The maximum atomic E-state index is 12.1. The minimum Gasteiger partial charge on any atom is -0.491 e. The highest BCUT2D eigenvalue weighted by atomic mass is 79.9. The number of aliphatic hydroxyl groups is 2. The molecule has 10 heteroatoms. The summed E-state index contributed by atoms with van der Waals surface area (Å²) >= 11 is 3.46. The third-order valence-electron chi connectivity index (χ3n) is 6.27. The van der Waals surface area contributed by atoms with Crippen LogP contribution in [-0.4, -0.2) is 62.5 Å². The number of carbonyl (C=O) groups is 1. The lowest BCUT2D eigenvalue weighted by Crippen LogP contribution is -2.42. The van der Waals surface area contributed by atoms with Gasteiger partial charge in [0.1, 0.15) is 5.69 Å². The molecular weight excluding hydrogens is 522 g/mol. The van der Waals surface area contributed by atoms with Crippen molar-refractivity contribution in [3.05, 3.63) is 16.4 Å². The fourth-order valence-electron chi connectivity index (χ4n) is 3.19. The highest BCUT2D eigenvalue weighted by Crippen LogP contribution is 2.44. The number of pyridine rings is 1. The molecule has 0 saturated heterocycles. The van der Waals surface area contributed by atoms with Crippen LogP contribution in [0.1, 0.15) is 65.7 Å². The molecule has 1 aromatic heterocycles. The first-order chi connectivity index (χ1) is 15.8. The van der Waals surface area contributed by atoms with Crippen LogP contribution in [0.2, 0.25) is 18.1 Å². The van der Waals surface area contributed by atoms with Gasteiger partial charge >= 0.3 is 5.97 Å². The summed E-state index contributed by atoms with van der Waals surface area (Å²) in [6.45, 7) is 14.4. The number of ether oxygens (including phenoxy) is 3. The average molecular weight is 565 g/mol. The van der Waals surface area contributed by atoms with Gasteiger partial charge in [-0.15, -0.1) is 0 Å². The second-order valence-electron chi connectivity index (χ2n) is 9.90. The summed E-state index contributed by atoms with van der Waals surface area (Å²) in [5, 5.41) is 20.5. The minimum absolute atomic E-state index is 0.0224. The highest BCUT2D eigenvalue weighted by molar-refractivity contribution is 9.10. The summed E-state index contributed by atoms with van der Waals surface area (Å²) in [7, 11) is -0.545. The second-order valence-corrected chi connectivity index (χ2v) is 15.6. The molecule has 0 spiro atoms. The van der Waals surface area contributed by atoms with Crippen LogP contribution in [0.25, 0.3) is 0 Å². The van der Waals surface area contributed by atoms with Crippen molar-refractivity contribution in [2.45, 2.75) is 84.2 Å². The Morgan fingerprint density at radius 1 is 1.24 bits per heavy atom. The van der Waals surface area contributed by atoms with Gasteiger partial charge in [0.25, 0.3) is 0 Å². The van der Waals surface area contributed by atoms with Crippen LogP contribution in [0.3, 0.4) is 0 Å². The third kappa shape index (κ3) is 8.48. The number of unbranched alkanes of at least 4 members (excludes halogenated alkanes) is 1. The molecule has 2 N–H and O–H groups in total. The molecule has 196 valence electrons. The van der Waals surface area contributed by atoms with Gasteiger partial charge in [0.2, 0.25) is 0 Å². The number of rotatable bonds is 14. The zero-order chi connectivity index (χ0) is 26.1. The predicted octanol–water partition coefficient (Wildman–Crippen LogP) is 5.02. The molecule has 0 aliphatic rings. The van der Waals surface area contributed by atoms with E-state index in [1.807, 2.05) is 0 Å². The van der Waals surface area contributed by atoms with Crippen molar-refractivity contribution in [3.63, 3.8) is 0 Å². The molecule has 0 bridgehead atoms. The molecule has 34 heavy (non-hydrogen) atoms. The molecule has 0 radical (unpaired) electrons. The Hall–Kier alpha value is -1.20. The van der Waals surface area contributed by atoms with Gasteiger partial charge in [0.05, 0.1) is 30.9 Å². The monoisotopic (exact) mass is 563 g/mol. The molecular formula is C24H42BrNO7Si. The lowest BCUT2D eigenvalue weighted by molar-refractivity contribution is -0.154. The van der Waals surface area contributed by atoms with Gasteiger partial charge in [0, 0.05) is 25.6 Å². The van der Waals surface area contributed by atoms with Crippen molar-refractivity contribution >= 4 is 30.2 Å². The Labute approximate surface area is 213 Å². The molecule has 1 heterocycles. The first-order valence-corrected chi connectivity index (χ1v) is 15.5. The normalized spacial score (nSPS) is 14.9.